The number of rotatable bonds is 7. The number of anilines is 1. The highest BCUT2D eigenvalue weighted by molar-refractivity contribution is 7.80. The van der Waals surface area contributed by atoms with E-state index in [9.17, 15) is 13.2 Å². The van der Waals surface area contributed by atoms with E-state index >= 15 is 0 Å². The van der Waals surface area contributed by atoms with E-state index in [2.05, 4.69) is 31.4 Å². The Morgan fingerprint density at radius 2 is 1.65 bits per heavy atom. The van der Waals surface area contributed by atoms with Crippen molar-refractivity contribution >= 4 is 46.5 Å². The lowest BCUT2D eigenvalue weighted by Gasteiger charge is -2.15. The fourth-order valence-corrected chi connectivity index (χ4v) is 3.86. The normalized spacial score (nSPS) is 15.3. The number of benzene rings is 3. The van der Waals surface area contributed by atoms with Gasteiger partial charge in [0.25, 0.3) is 0 Å². The first-order chi connectivity index (χ1) is 17.6. The van der Waals surface area contributed by atoms with Crippen molar-refractivity contribution in [3.05, 3.63) is 95.1 Å². The molecule has 0 fully saturated rings. The van der Waals surface area contributed by atoms with Gasteiger partial charge in [0.2, 0.25) is 0 Å². The molecule has 0 spiro atoms. The minimum absolute atomic E-state index is 0.0567. The zero-order valence-electron chi connectivity index (χ0n) is 20.0. The van der Waals surface area contributed by atoms with Gasteiger partial charge in [0.15, 0.2) is 5.11 Å². The number of nitrogens with one attached hydrogen (secondary N) is 2. The fourth-order valence-electron chi connectivity index (χ4n) is 3.63. The van der Waals surface area contributed by atoms with Crippen LogP contribution in [0.5, 0.6) is 5.75 Å². The smallest absolute Gasteiger partial charge is 0.406 e. The van der Waals surface area contributed by atoms with Crippen LogP contribution in [0.15, 0.2) is 82.8 Å². The molecule has 0 amide bonds. The van der Waals surface area contributed by atoms with E-state index < -0.39 is 6.36 Å². The summed E-state index contributed by atoms with van der Waals surface area (Å²) in [6, 6.07) is 18.9. The van der Waals surface area contributed by atoms with Crippen LogP contribution in [0.25, 0.3) is 5.57 Å². The molecule has 4 N–H and O–H groups in total. The number of hydrogen-bond donors (Lipinski definition) is 3. The summed E-state index contributed by atoms with van der Waals surface area (Å²) in [6.45, 7) is 4.07. The van der Waals surface area contributed by atoms with Crippen molar-refractivity contribution in [3.63, 3.8) is 0 Å². The summed E-state index contributed by atoms with van der Waals surface area (Å²) < 4.78 is 40.5. The lowest BCUT2D eigenvalue weighted by molar-refractivity contribution is -0.274. The number of ether oxygens (including phenoxy) is 1. The fraction of sp³-hybridized carbons (Fsp3) is 0.148. The number of amidine groups is 1. The summed E-state index contributed by atoms with van der Waals surface area (Å²) in [5.74, 6) is -0.0667. The third kappa shape index (κ3) is 7.17. The molecule has 3 aromatic carbocycles. The Morgan fingerprint density at radius 1 is 1.00 bits per heavy atom. The molecule has 0 bridgehead atoms. The van der Waals surface area contributed by atoms with Crippen LogP contribution < -0.4 is 21.1 Å². The number of alkyl halides is 3. The summed E-state index contributed by atoms with van der Waals surface area (Å²) in [4.78, 5) is 8.19. The average Bonchev–Trinajstić information content (AvgIpc) is 3.60. The van der Waals surface area contributed by atoms with Crippen molar-refractivity contribution < 1.29 is 17.9 Å². The Hall–Kier alpha value is -4.18. The predicted molar refractivity (Wildman–Crippen MR) is 145 cm³/mol. The highest BCUT2D eigenvalue weighted by atomic mass is 32.1. The number of halogens is 3. The maximum Gasteiger partial charge on any atom is 0.573 e. The molecule has 0 saturated heterocycles. The van der Waals surface area contributed by atoms with E-state index in [0.717, 1.165) is 28.0 Å². The Bertz CT molecular complexity index is 1360. The number of aliphatic imine (C=N–C) groups is 2. The molecule has 37 heavy (non-hydrogen) atoms. The van der Waals surface area contributed by atoms with Gasteiger partial charge in [-0.05, 0) is 72.6 Å². The maximum atomic E-state index is 12.2. The number of hydrogen-bond acceptors (Lipinski definition) is 3. The lowest BCUT2D eigenvalue weighted by atomic mass is 10.1. The average molecular weight is 524 g/mol. The molecular formula is C27H24F3N5OS. The van der Waals surface area contributed by atoms with Crippen LogP contribution in [0.1, 0.15) is 22.3 Å². The van der Waals surface area contributed by atoms with Crippen molar-refractivity contribution in [2.45, 2.75) is 26.3 Å². The van der Waals surface area contributed by atoms with Crippen molar-refractivity contribution in [2.24, 2.45) is 15.7 Å². The SMILES string of the molecule is Cc1cccc(C)c1NC(=S)NC1C=C1c1ccc(C(N)=NC=Nc2ccc(OC(F)(F)F)cc2)cc1. The molecule has 0 radical (unpaired) electrons. The standard InChI is InChI=1S/C27H24F3N5OS/c1-16-4-3-5-17(2)24(16)35-26(37)34-23-14-22(23)18-6-8-19(9-7-18)25(31)33-15-32-20-10-12-21(13-11-20)36-27(28,29)30/h3-15,23H,1-2H3,(H2,31,32,33)(H2,34,35,37). The molecule has 1 aliphatic rings. The van der Waals surface area contributed by atoms with Crippen molar-refractivity contribution in [2.75, 3.05) is 5.32 Å². The van der Waals surface area contributed by atoms with Gasteiger partial charge in [0, 0.05) is 11.3 Å². The molecule has 1 atom stereocenters. The molecule has 1 unspecified atom stereocenters. The molecule has 10 heteroatoms. The van der Waals surface area contributed by atoms with Crippen molar-refractivity contribution in [3.8, 4) is 5.75 Å². The van der Waals surface area contributed by atoms with E-state index in [1.807, 2.05) is 56.3 Å². The number of aryl methyl sites for hydroxylation is 2. The highest BCUT2D eigenvalue weighted by Gasteiger charge is 2.31. The van der Waals surface area contributed by atoms with Gasteiger partial charge in [0.1, 0.15) is 17.9 Å². The second kappa shape index (κ2) is 10.8. The summed E-state index contributed by atoms with van der Waals surface area (Å²) in [5, 5.41) is 7.14. The van der Waals surface area contributed by atoms with Gasteiger partial charge < -0.3 is 21.1 Å². The van der Waals surface area contributed by atoms with Crippen LogP contribution in [-0.2, 0) is 0 Å². The molecule has 1 aliphatic carbocycles. The Labute approximate surface area is 217 Å². The third-order valence-corrected chi connectivity index (χ3v) is 5.79. The van der Waals surface area contributed by atoms with Crippen LogP contribution in [0.4, 0.5) is 24.5 Å². The maximum absolute atomic E-state index is 12.2. The van der Waals surface area contributed by atoms with Gasteiger partial charge in [-0.15, -0.1) is 13.2 Å². The molecule has 0 aromatic heterocycles. The molecule has 6 nitrogen and oxygen atoms in total. The summed E-state index contributed by atoms with van der Waals surface area (Å²) in [5.41, 5.74) is 12.6. The Balaban J connectivity index is 1.29. The van der Waals surface area contributed by atoms with Crippen LogP contribution in [0, 0.1) is 13.8 Å². The molecule has 3 aromatic rings. The Kier molecular flexibility index (Phi) is 7.58. The van der Waals surface area contributed by atoms with E-state index in [1.54, 1.807) is 0 Å². The van der Waals surface area contributed by atoms with Gasteiger partial charge in [-0.1, -0.05) is 48.5 Å². The van der Waals surface area contributed by atoms with Gasteiger partial charge in [-0.2, -0.15) is 0 Å². The highest BCUT2D eigenvalue weighted by Crippen LogP contribution is 2.32. The number of thiocarbonyl (C=S) groups is 1. The summed E-state index contributed by atoms with van der Waals surface area (Å²) >= 11 is 5.48. The van der Waals surface area contributed by atoms with Gasteiger partial charge in [-0.25, -0.2) is 9.98 Å². The van der Waals surface area contributed by atoms with Gasteiger partial charge in [0.05, 0.1) is 11.7 Å². The number of para-hydroxylation sites is 1. The second-order valence-electron chi connectivity index (χ2n) is 8.34. The van der Waals surface area contributed by atoms with Crippen molar-refractivity contribution in [1.82, 2.24) is 5.32 Å². The van der Waals surface area contributed by atoms with E-state index in [0.29, 0.717) is 16.4 Å². The third-order valence-electron chi connectivity index (χ3n) is 5.57. The predicted octanol–water partition coefficient (Wildman–Crippen LogP) is 6.02. The quantitative estimate of drug-likeness (QED) is 0.200. The molecule has 0 saturated carbocycles. The molecule has 4 rings (SSSR count). The largest absolute Gasteiger partial charge is 0.573 e. The Morgan fingerprint density at radius 3 is 2.27 bits per heavy atom. The molecular weight excluding hydrogens is 499 g/mol. The first kappa shape index (κ1) is 25.9. The minimum atomic E-state index is -4.74. The monoisotopic (exact) mass is 523 g/mol. The lowest BCUT2D eigenvalue weighted by Crippen LogP contribution is -2.32. The van der Waals surface area contributed by atoms with Crippen LogP contribution >= 0.6 is 12.2 Å². The molecule has 0 aliphatic heterocycles. The van der Waals surface area contributed by atoms with Gasteiger partial charge in [-0.3, -0.25) is 0 Å². The molecule has 0 heterocycles. The summed E-state index contributed by atoms with van der Waals surface area (Å²) in [6.07, 6.45) is -1.41. The van der Waals surface area contributed by atoms with Crippen LogP contribution in [0.2, 0.25) is 0 Å². The number of nitrogens with two attached hydrogens (primary N) is 1. The topological polar surface area (TPSA) is 84.0 Å². The van der Waals surface area contributed by atoms with Crippen LogP contribution in [0.3, 0.4) is 0 Å². The number of nitrogens with zero attached hydrogens (tertiary/aromatic N) is 2. The summed E-state index contributed by atoms with van der Waals surface area (Å²) in [7, 11) is 0. The van der Waals surface area contributed by atoms with Gasteiger partial charge >= 0.3 is 6.36 Å². The van der Waals surface area contributed by atoms with Crippen LogP contribution in [-0.4, -0.2) is 29.7 Å². The minimum Gasteiger partial charge on any atom is -0.406 e. The van der Waals surface area contributed by atoms with E-state index in [-0.39, 0.29) is 17.6 Å². The zero-order chi connectivity index (χ0) is 26.6. The second-order valence-corrected chi connectivity index (χ2v) is 8.75. The van der Waals surface area contributed by atoms with E-state index in [1.165, 1.54) is 30.6 Å². The first-order valence-electron chi connectivity index (χ1n) is 11.3. The molecule has 190 valence electrons. The first-order valence-corrected chi connectivity index (χ1v) is 11.7. The van der Waals surface area contributed by atoms with E-state index in [4.69, 9.17) is 18.0 Å². The van der Waals surface area contributed by atoms with Crippen molar-refractivity contribution in [1.29, 1.82) is 0 Å². The zero-order valence-corrected chi connectivity index (χ0v) is 20.8.